The largest absolute Gasteiger partial charge is 0.490 e. The van der Waals surface area contributed by atoms with Crippen molar-refractivity contribution in [3.05, 3.63) is 28.2 Å². The number of halogens is 2. The predicted molar refractivity (Wildman–Crippen MR) is 73.6 cm³/mol. The first kappa shape index (κ1) is 13.9. The molecule has 1 atom stereocenters. The Labute approximate surface area is 117 Å². The molecule has 1 aromatic carbocycles. The second-order valence-electron chi connectivity index (χ2n) is 5.05. The van der Waals surface area contributed by atoms with Crippen molar-refractivity contribution in [1.29, 1.82) is 0 Å². The number of nitrogens with one attached hydrogen (secondary N) is 1. The highest BCUT2D eigenvalue weighted by Gasteiger charge is 2.27. The van der Waals surface area contributed by atoms with Crippen LogP contribution in [0.2, 0.25) is 10.0 Å². The summed E-state index contributed by atoms with van der Waals surface area (Å²) < 4.78 is 5.53. The summed E-state index contributed by atoms with van der Waals surface area (Å²) in [7, 11) is 0. The molecule has 0 amide bonds. The molecule has 0 aliphatic heterocycles. The molecule has 0 spiro atoms. The second-order valence-corrected chi connectivity index (χ2v) is 5.92. The van der Waals surface area contributed by atoms with Crippen molar-refractivity contribution >= 4 is 23.2 Å². The second kappa shape index (κ2) is 5.66. The standard InChI is InChI=1S/C13H17Cl2NO2/c1-13(17,7-16-11-2-3-11)8-18-12-5-9(14)4-10(15)6-12/h4-6,11,16-17H,2-3,7-8H2,1H3. The summed E-state index contributed by atoms with van der Waals surface area (Å²) in [6.45, 7) is 2.46. The van der Waals surface area contributed by atoms with Crippen LogP contribution in [0.1, 0.15) is 19.8 Å². The van der Waals surface area contributed by atoms with E-state index < -0.39 is 5.60 Å². The highest BCUT2D eigenvalue weighted by Crippen LogP contribution is 2.25. The van der Waals surface area contributed by atoms with E-state index in [0.717, 1.165) is 0 Å². The molecule has 5 heteroatoms. The smallest absolute Gasteiger partial charge is 0.122 e. The summed E-state index contributed by atoms with van der Waals surface area (Å²) in [4.78, 5) is 0. The summed E-state index contributed by atoms with van der Waals surface area (Å²) in [6.07, 6.45) is 2.39. The Bertz CT molecular complexity index is 399. The first-order chi connectivity index (χ1) is 8.44. The lowest BCUT2D eigenvalue weighted by molar-refractivity contribution is 0.0120. The van der Waals surface area contributed by atoms with Gasteiger partial charge in [-0.15, -0.1) is 0 Å². The van der Waals surface area contributed by atoms with E-state index in [4.69, 9.17) is 27.9 Å². The number of hydrogen-bond acceptors (Lipinski definition) is 3. The van der Waals surface area contributed by atoms with Gasteiger partial charge < -0.3 is 15.2 Å². The molecule has 1 saturated carbocycles. The number of hydrogen-bond donors (Lipinski definition) is 2. The Balaban J connectivity index is 1.84. The van der Waals surface area contributed by atoms with Gasteiger partial charge in [0.15, 0.2) is 0 Å². The molecule has 3 nitrogen and oxygen atoms in total. The van der Waals surface area contributed by atoms with Crippen LogP contribution >= 0.6 is 23.2 Å². The Morgan fingerprint density at radius 1 is 1.33 bits per heavy atom. The molecule has 1 aliphatic rings. The van der Waals surface area contributed by atoms with Crippen LogP contribution in [0.15, 0.2) is 18.2 Å². The molecule has 2 rings (SSSR count). The van der Waals surface area contributed by atoms with Gasteiger partial charge in [0.2, 0.25) is 0 Å². The zero-order valence-corrected chi connectivity index (χ0v) is 11.8. The third-order valence-electron chi connectivity index (χ3n) is 2.73. The quantitative estimate of drug-likeness (QED) is 0.846. The molecule has 0 heterocycles. The van der Waals surface area contributed by atoms with E-state index in [0.29, 0.717) is 28.4 Å². The van der Waals surface area contributed by atoms with Gasteiger partial charge in [-0.3, -0.25) is 0 Å². The predicted octanol–water partition coefficient (Wildman–Crippen LogP) is 2.88. The van der Waals surface area contributed by atoms with Crippen LogP contribution < -0.4 is 10.1 Å². The topological polar surface area (TPSA) is 41.5 Å². The van der Waals surface area contributed by atoms with E-state index in [1.54, 1.807) is 25.1 Å². The Morgan fingerprint density at radius 3 is 2.50 bits per heavy atom. The molecule has 1 unspecified atom stereocenters. The van der Waals surface area contributed by atoms with Crippen LogP contribution in [0.25, 0.3) is 0 Å². The minimum Gasteiger partial charge on any atom is -0.490 e. The average molecular weight is 290 g/mol. The van der Waals surface area contributed by atoms with Crippen molar-refractivity contribution in [3.8, 4) is 5.75 Å². The molecule has 1 fully saturated rings. The van der Waals surface area contributed by atoms with Crippen LogP contribution in [0.5, 0.6) is 5.75 Å². The van der Waals surface area contributed by atoms with Gasteiger partial charge in [-0.1, -0.05) is 23.2 Å². The van der Waals surface area contributed by atoms with Gasteiger partial charge in [-0.05, 0) is 38.0 Å². The van der Waals surface area contributed by atoms with Gasteiger partial charge in [0.1, 0.15) is 18.0 Å². The number of rotatable bonds is 6. The third-order valence-corrected chi connectivity index (χ3v) is 3.17. The molecule has 0 saturated heterocycles. The molecule has 0 radical (unpaired) electrons. The van der Waals surface area contributed by atoms with Crippen molar-refractivity contribution in [2.75, 3.05) is 13.2 Å². The fourth-order valence-corrected chi connectivity index (χ4v) is 2.06. The zero-order chi connectivity index (χ0) is 13.2. The van der Waals surface area contributed by atoms with E-state index in [2.05, 4.69) is 5.32 Å². The van der Waals surface area contributed by atoms with Gasteiger partial charge in [-0.25, -0.2) is 0 Å². The van der Waals surface area contributed by atoms with Crippen LogP contribution in [-0.4, -0.2) is 29.9 Å². The summed E-state index contributed by atoms with van der Waals surface area (Å²) in [5.74, 6) is 0.569. The zero-order valence-electron chi connectivity index (χ0n) is 10.2. The summed E-state index contributed by atoms with van der Waals surface area (Å²) in [5, 5.41) is 14.5. The van der Waals surface area contributed by atoms with Gasteiger partial charge >= 0.3 is 0 Å². The summed E-state index contributed by atoms with van der Waals surface area (Å²) >= 11 is 11.7. The molecule has 1 aliphatic carbocycles. The first-order valence-electron chi connectivity index (χ1n) is 5.99. The van der Waals surface area contributed by atoms with Gasteiger partial charge in [0.25, 0.3) is 0 Å². The maximum absolute atomic E-state index is 10.1. The van der Waals surface area contributed by atoms with Crippen LogP contribution in [0, 0.1) is 0 Å². The highest BCUT2D eigenvalue weighted by atomic mass is 35.5. The minimum absolute atomic E-state index is 0.198. The molecular formula is C13H17Cl2NO2. The maximum Gasteiger partial charge on any atom is 0.122 e. The SMILES string of the molecule is CC(O)(CNC1CC1)COc1cc(Cl)cc(Cl)c1. The van der Waals surface area contributed by atoms with E-state index in [1.807, 2.05) is 0 Å². The Hall–Kier alpha value is -0.480. The van der Waals surface area contributed by atoms with E-state index >= 15 is 0 Å². The lowest BCUT2D eigenvalue weighted by Gasteiger charge is -2.24. The normalized spacial score (nSPS) is 18.4. The Kier molecular flexibility index (Phi) is 4.38. The first-order valence-corrected chi connectivity index (χ1v) is 6.75. The minimum atomic E-state index is -0.905. The lowest BCUT2D eigenvalue weighted by Crippen LogP contribution is -2.43. The monoisotopic (exact) mass is 289 g/mol. The van der Waals surface area contributed by atoms with Crippen molar-refractivity contribution in [2.45, 2.75) is 31.4 Å². The lowest BCUT2D eigenvalue weighted by atomic mass is 10.1. The van der Waals surface area contributed by atoms with Crippen molar-refractivity contribution in [3.63, 3.8) is 0 Å². The molecule has 2 N–H and O–H groups in total. The molecular weight excluding hydrogens is 273 g/mol. The molecule has 0 bridgehead atoms. The van der Waals surface area contributed by atoms with Crippen LogP contribution in [0.3, 0.4) is 0 Å². The third kappa shape index (κ3) is 4.65. The Morgan fingerprint density at radius 2 is 1.94 bits per heavy atom. The van der Waals surface area contributed by atoms with Crippen molar-refractivity contribution in [1.82, 2.24) is 5.32 Å². The molecule has 0 aromatic heterocycles. The summed E-state index contributed by atoms with van der Waals surface area (Å²) in [6, 6.07) is 5.57. The van der Waals surface area contributed by atoms with Gasteiger partial charge in [-0.2, -0.15) is 0 Å². The molecule has 100 valence electrons. The maximum atomic E-state index is 10.1. The van der Waals surface area contributed by atoms with Crippen molar-refractivity contribution in [2.24, 2.45) is 0 Å². The van der Waals surface area contributed by atoms with E-state index in [1.165, 1.54) is 12.8 Å². The molecule has 18 heavy (non-hydrogen) atoms. The fraction of sp³-hybridized carbons (Fsp3) is 0.538. The number of aliphatic hydroxyl groups is 1. The highest BCUT2D eigenvalue weighted by molar-refractivity contribution is 6.34. The van der Waals surface area contributed by atoms with Gasteiger partial charge in [0, 0.05) is 22.6 Å². The van der Waals surface area contributed by atoms with E-state index in [9.17, 15) is 5.11 Å². The van der Waals surface area contributed by atoms with Crippen molar-refractivity contribution < 1.29 is 9.84 Å². The van der Waals surface area contributed by atoms with Crippen LogP contribution in [-0.2, 0) is 0 Å². The summed E-state index contributed by atoms with van der Waals surface area (Å²) in [5.41, 5.74) is -0.905. The molecule has 1 aromatic rings. The number of ether oxygens (including phenoxy) is 1. The van der Waals surface area contributed by atoms with Crippen LogP contribution in [0.4, 0.5) is 0 Å². The number of benzene rings is 1. The fourth-order valence-electron chi connectivity index (χ4n) is 1.55. The van der Waals surface area contributed by atoms with E-state index in [-0.39, 0.29) is 6.61 Å². The average Bonchev–Trinajstić information content (AvgIpc) is 3.07. The van der Waals surface area contributed by atoms with Gasteiger partial charge in [0.05, 0.1) is 0 Å².